The monoisotopic (exact) mass is 324 g/mol. The fraction of sp³-hybridized carbons (Fsp3) is 0.357. The van der Waals surface area contributed by atoms with Crippen LogP contribution in [0.3, 0.4) is 0 Å². The number of hydrogen-bond acceptors (Lipinski definition) is 5. The molecule has 0 unspecified atom stereocenters. The van der Waals surface area contributed by atoms with Crippen LogP contribution in [-0.4, -0.2) is 28.5 Å². The number of carbonyl (C=O) groups excluding carboxylic acids is 1. The standard InChI is InChI=1S/C14H16N2O3S2/c1-3-9-6-11(21-8(9)2)13(17)15-5-4-12-16-10(7-20-12)14(18)19/h6-7H,3-5H2,1-2H3,(H,15,17)(H,18,19). The summed E-state index contributed by atoms with van der Waals surface area (Å²) in [5.41, 5.74) is 1.26. The van der Waals surface area contributed by atoms with Crippen LogP contribution in [0.4, 0.5) is 0 Å². The predicted molar refractivity (Wildman–Crippen MR) is 83.5 cm³/mol. The van der Waals surface area contributed by atoms with E-state index < -0.39 is 5.97 Å². The molecule has 7 heteroatoms. The second-order valence-electron chi connectivity index (χ2n) is 4.48. The third-order valence-electron chi connectivity index (χ3n) is 3.02. The van der Waals surface area contributed by atoms with Gasteiger partial charge in [-0.05, 0) is 25.0 Å². The van der Waals surface area contributed by atoms with Crippen LogP contribution in [0.15, 0.2) is 11.4 Å². The van der Waals surface area contributed by atoms with Crippen molar-refractivity contribution < 1.29 is 14.7 Å². The number of amides is 1. The lowest BCUT2D eigenvalue weighted by Gasteiger charge is -2.01. The molecule has 5 nitrogen and oxygen atoms in total. The molecule has 0 aliphatic heterocycles. The number of aromatic carboxylic acids is 1. The van der Waals surface area contributed by atoms with Crippen molar-refractivity contribution in [2.45, 2.75) is 26.7 Å². The van der Waals surface area contributed by atoms with Gasteiger partial charge in [-0.25, -0.2) is 9.78 Å². The number of aromatic nitrogens is 1. The quantitative estimate of drug-likeness (QED) is 0.856. The molecular weight excluding hydrogens is 308 g/mol. The smallest absolute Gasteiger partial charge is 0.355 e. The van der Waals surface area contributed by atoms with Gasteiger partial charge in [-0.3, -0.25) is 4.79 Å². The lowest BCUT2D eigenvalue weighted by Crippen LogP contribution is -2.24. The predicted octanol–water partition coefficient (Wildman–Crippen LogP) is 2.75. The van der Waals surface area contributed by atoms with Gasteiger partial charge in [-0.2, -0.15) is 0 Å². The topological polar surface area (TPSA) is 79.3 Å². The van der Waals surface area contributed by atoms with Crippen LogP contribution in [-0.2, 0) is 12.8 Å². The van der Waals surface area contributed by atoms with E-state index in [9.17, 15) is 9.59 Å². The minimum absolute atomic E-state index is 0.0581. The molecule has 2 heterocycles. The van der Waals surface area contributed by atoms with Gasteiger partial charge in [0.25, 0.3) is 5.91 Å². The number of rotatable bonds is 6. The maximum Gasteiger partial charge on any atom is 0.355 e. The minimum Gasteiger partial charge on any atom is -0.476 e. The Bertz CT molecular complexity index is 661. The summed E-state index contributed by atoms with van der Waals surface area (Å²) in [4.78, 5) is 28.6. The fourth-order valence-corrected chi connectivity index (χ4v) is 3.68. The zero-order chi connectivity index (χ0) is 15.4. The first kappa shape index (κ1) is 15.7. The summed E-state index contributed by atoms with van der Waals surface area (Å²) in [7, 11) is 0. The van der Waals surface area contributed by atoms with Crippen LogP contribution in [0.5, 0.6) is 0 Å². The van der Waals surface area contributed by atoms with Crippen molar-refractivity contribution in [3.63, 3.8) is 0 Å². The highest BCUT2D eigenvalue weighted by Crippen LogP contribution is 2.21. The van der Waals surface area contributed by atoms with Crippen molar-refractivity contribution in [3.05, 3.63) is 37.5 Å². The summed E-state index contributed by atoms with van der Waals surface area (Å²) in [5.74, 6) is -1.11. The summed E-state index contributed by atoms with van der Waals surface area (Å²) in [5, 5.41) is 13.9. The zero-order valence-electron chi connectivity index (χ0n) is 11.8. The number of hydrogen-bond donors (Lipinski definition) is 2. The highest BCUT2D eigenvalue weighted by Gasteiger charge is 2.12. The first-order chi connectivity index (χ1) is 10.0. The molecule has 0 saturated carbocycles. The van der Waals surface area contributed by atoms with Crippen molar-refractivity contribution in [3.8, 4) is 0 Å². The van der Waals surface area contributed by atoms with Crippen molar-refractivity contribution in [1.82, 2.24) is 10.3 Å². The molecule has 0 saturated heterocycles. The third-order valence-corrected chi connectivity index (χ3v) is 5.02. The molecule has 112 valence electrons. The van der Waals surface area contributed by atoms with Crippen LogP contribution >= 0.6 is 22.7 Å². The summed E-state index contributed by atoms with van der Waals surface area (Å²) in [6.45, 7) is 4.53. The Morgan fingerprint density at radius 2 is 2.19 bits per heavy atom. The van der Waals surface area contributed by atoms with Crippen molar-refractivity contribution in [2.24, 2.45) is 0 Å². The highest BCUT2D eigenvalue weighted by atomic mass is 32.1. The molecule has 0 aromatic carbocycles. The van der Waals surface area contributed by atoms with Gasteiger partial charge in [0.05, 0.1) is 9.88 Å². The van der Waals surface area contributed by atoms with Crippen LogP contribution < -0.4 is 5.32 Å². The second-order valence-corrected chi connectivity index (χ2v) is 6.68. The summed E-state index contributed by atoms with van der Waals surface area (Å²) < 4.78 is 0. The molecule has 0 bridgehead atoms. The summed E-state index contributed by atoms with van der Waals surface area (Å²) in [6, 6.07) is 1.93. The molecule has 1 amide bonds. The normalized spacial score (nSPS) is 10.6. The van der Waals surface area contributed by atoms with E-state index in [4.69, 9.17) is 5.11 Å². The summed E-state index contributed by atoms with van der Waals surface area (Å²) in [6.07, 6.45) is 1.46. The maximum absolute atomic E-state index is 12.0. The van der Waals surface area contributed by atoms with Gasteiger partial charge >= 0.3 is 5.97 Å². The van der Waals surface area contributed by atoms with Gasteiger partial charge in [-0.15, -0.1) is 22.7 Å². The molecular formula is C14H16N2O3S2. The molecule has 0 aliphatic rings. The Balaban J connectivity index is 1.87. The number of aryl methyl sites for hydroxylation is 2. The molecule has 2 aromatic heterocycles. The largest absolute Gasteiger partial charge is 0.476 e. The number of nitrogens with one attached hydrogen (secondary N) is 1. The van der Waals surface area contributed by atoms with E-state index in [0.29, 0.717) is 18.0 Å². The number of carboxylic acids is 1. The highest BCUT2D eigenvalue weighted by molar-refractivity contribution is 7.14. The lowest BCUT2D eigenvalue weighted by molar-refractivity contribution is 0.0690. The average molecular weight is 324 g/mol. The molecule has 2 aromatic rings. The van der Waals surface area contributed by atoms with Gasteiger partial charge < -0.3 is 10.4 Å². The van der Waals surface area contributed by atoms with Gasteiger partial charge in [0.15, 0.2) is 5.69 Å². The van der Waals surface area contributed by atoms with E-state index in [1.807, 2.05) is 13.0 Å². The van der Waals surface area contributed by atoms with Gasteiger partial charge in [0, 0.05) is 23.2 Å². The zero-order valence-corrected chi connectivity index (χ0v) is 13.4. The van der Waals surface area contributed by atoms with E-state index in [-0.39, 0.29) is 11.6 Å². The molecule has 0 spiro atoms. The number of thiazole rings is 1. The van der Waals surface area contributed by atoms with Gasteiger partial charge in [0.2, 0.25) is 0 Å². The molecule has 21 heavy (non-hydrogen) atoms. The molecule has 0 fully saturated rings. The first-order valence-corrected chi connectivity index (χ1v) is 8.26. The van der Waals surface area contributed by atoms with E-state index in [1.165, 1.54) is 38.5 Å². The number of thiophene rings is 1. The van der Waals surface area contributed by atoms with Gasteiger partial charge in [0.1, 0.15) is 0 Å². The van der Waals surface area contributed by atoms with Crippen molar-refractivity contribution >= 4 is 34.6 Å². The molecule has 0 atom stereocenters. The second kappa shape index (κ2) is 6.82. The maximum atomic E-state index is 12.0. The lowest BCUT2D eigenvalue weighted by atomic mass is 10.2. The Morgan fingerprint density at radius 3 is 2.76 bits per heavy atom. The van der Waals surface area contributed by atoms with Crippen molar-refractivity contribution in [2.75, 3.05) is 6.54 Å². The first-order valence-electron chi connectivity index (χ1n) is 6.56. The van der Waals surface area contributed by atoms with Gasteiger partial charge in [-0.1, -0.05) is 6.92 Å². The van der Waals surface area contributed by atoms with E-state index in [1.54, 1.807) is 0 Å². The fourth-order valence-electron chi connectivity index (χ4n) is 1.88. The number of carbonyl (C=O) groups is 2. The van der Waals surface area contributed by atoms with E-state index in [0.717, 1.165) is 11.3 Å². The Hall–Kier alpha value is -1.73. The molecule has 2 N–H and O–H groups in total. The molecule has 0 radical (unpaired) electrons. The Kier molecular flexibility index (Phi) is 5.08. The van der Waals surface area contributed by atoms with E-state index >= 15 is 0 Å². The Labute approximate surface area is 130 Å². The summed E-state index contributed by atoms with van der Waals surface area (Å²) >= 11 is 2.79. The van der Waals surface area contributed by atoms with Crippen LogP contribution in [0, 0.1) is 6.92 Å². The van der Waals surface area contributed by atoms with E-state index in [2.05, 4.69) is 17.2 Å². The number of carboxylic acid groups (broad SMARTS) is 1. The van der Waals surface area contributed by atoms with Crippen LogP contribution in [0.25, 0.3) is 0 Å². The SMILES string of the molecule is CCc1cc(C(=O)NCCc2nc(C(=O)O)cs2)sc1C. The van der Waals surface area contributed by atoms with Crippen molar-refractivity contribution in [1.29, 1.82) is 0 Å². The third kappa shape index (κ3) is 3.89. The van der Waals surface area contributed by atoms with Crippen LogP contribution in [0.2, 0.25) is 0 Å². The molecule has 0 aliphatic carbocycles. The van der Waals surface area contributed by atoms with Crippen LogP contribution in [0.1, 0.15) is 42.5 Å². The molecule has 2 rings (SSSR count). The average Bonchev–Trinajstić information content (AvgIpc) is 3.05. The minimum atomic E-state index is -1.03. The Morgan fingerprint density at radius 1 is 1.43 bits per heavy atom. The number of nitrogens with zero attached hydrogens (tertiary/aromatic N) is 1.